The van der Waals surface area contributed by atoms with Crippen LogP contribution in [0.4, 0.5) is 0 Å². The van der Waals surface area contributed by atoms with Crippen molar-refractivity contribution in [1.29, 1.82) is 0 Å². The van der Waals surface area contributed by atoms with Gasteiger partial charge in [0, 0.05) is 25.8 Å². The Morgan fingerprint density at radius 3 is 2.84 bits per heavy atom. The highest BCUT2D eigenvalue weighted by Gasteiger charge is 2.14. The highest BCUT2D eigenvalue weighted by atomic mass is 16.6. The van der Waals surface area contributed by atoms with E-state index in [2.05, 4.69) is 5.32 Å². The lowest BCUT2D eigenvalue weighted by Crippen LogP contribution is -2.25. The second kappa shape index (κ2) is 6.99. The number of carbonyl (C=O) groups is 1. The summed E-state index contributed by atoms with van der Waals surface area (Å²) < 4.78 is 15.8. The van der Waals surface area contributed by atoms with Gasteiger partial charge >= 0.3 is 0 Å². The lowest BCUT2D eigenvalue weighted by atomic mass is 10.1. The number of carbonyl (C=O) groups excluding carboxylic acids is 1. The second-order valence-electron chi connectivity index (χ2n) is 4.31. The fourth-order valence-electron chi connectivity index (χ4n) is 1.86. The summed E-state index contributed by atoms with van der Waals surface area (Å²) in [4.78, 5) is 11.9. The van der Waals surface area contributed by atoms with E-state index in [1.807, 2.05) is 0 Å². The first-order valence-corrected chi connectivity index (χ1v) is 6.48. The fraction of sp³-hybridized carbons (Fsp3) is 0.500. The van der Waals surface area contributed by atoms with Crippen molar-refractivity contribution >= 4 is 5.91 Å². The second-order valence-corrected chi connectivity index (χ2v) is 4.31. The number of benzene rings is 1. The zero-order valence-electron chi connectivity index (χ0n) is 11.1. The van der Waals surface area contributed by atoms with Gasteiger partial charge < -0.3 is 19.5 Å². The molecule has 0 atom stereocenters. The van der Waals surface area contributed by atoms with Gasteiger partial charge in [-0.2, -0.15) is 0 Å². The van der Waals surface area contributed by atoms with Gasteiger partial charge in [-0.15, -0.1) is 0 Å². The zero-order valence-corrected chi connectivity index (χ0v) is 11.1. The SMILES string of the molecule is COCCCCNC(=O)c1ccc2c(c1)OCCO2. The van der Waals surface area contributed by atoms with Gasteiger partial charge in [0.1, 0.15) is 13.2 Å². The van der Waals surface area contributed by atoms with E-state index in [0.717, 1.165) is 19.4 Å². The Kier molecular flexibility index (Phi) is 5.03. The molecule has 0 radical (unpaired) electrons. The Morgan fingerprint density at radius 2 is 2.05 bits per heavy atom. The lowest BCUT2D eigenvalue weighted by molar-refractivity contribution is 0.0950. The third kappa shape index (κ3) is 3.86. The normalized spacial score (nSPS) is 13.1. The molecule has 5 nitrogen and oxygen atoms in total. The molecule has 0 unspecified atom stereocenters. The number of rotatable bonds is 6. The molecular weight excluding hydrogens is 246 g/mol. The smallest absolute Gasteiger partial charge is 0.251 e. The maximum Gasteiger partial charge on any atom is 0.251 e. The molecule has 0 saturated carbocycles. The minimum Gasteiger partial charge on any atom is -0.486 e. The fourth-order valence-corrected chi connectivity index (χ4v) is 1.86. The first-order valence-electron chi connectivity index (χ1n) is 6.48. The first kappa shape index (κ1) is 13.7. The molecule has 1 heterocycles. The van der Waals surface area contributed by atoms with Gasteiger partial charge in [-0.1, -0.05) is 0 Å². The molecule has 19 heavy (non-hydrogen) atoms. The average Bonchev–Trinajstić information content (AvgIpc) is 2.46. The van der Waals surface area contributed by atoms with Crippen molar-refractivity contribution in [3.05, 3.63) is 23.8 Å². The first-order chi connectivity index (χ1) is 9.31. The number of hydrogen-bond donors (Lipinski definition) is 1. The van der Waals surface area contributed by atoms with E-state index >= 15 is 0 Å². The molecule has 1 aromatic carbocycles. The quantitative estimate of drug-likeness (QED) is 0.794. The Hall–Kier alpha value is -1.75. The third-order valence-corrected chi connectivity index (χ3v) is 2.87. The summed E-state index contributed by atoms with van der Waals surface area (Å²) in [5, 5.41) is 2.87. The van der Waals surface area contributed by atoms with Crippen molar-refractivity contribution in [1.82, 2.24) is 5.32 Å². The Labute approximate surface area is 112 Å². The van der Waals surface area contributed by atoms with Gasteiger partial charge in [0.25, 0.3) is 5.91 Å². The standard InChI is InChI=1S/C14H19NO4/c1-17-7-3-2-6-15-14(16)11-4-5-12-13(10-11)19-9-8-18-12/h4-5,10H,2-3,6-9H2,1H3,(H,15,16). The van der Waals surface area contributed by atoms with E-state index in [4.69, 9.17) is 14.2 Å². The predicted octanol–water partition coefficient (Wildman–Crippen LogP) is 1.61. The van der Waals surface area contributed by atoms with Crippen LogP contribution in [-0.2, 0) is 4.74 Å². The zero-order chi connectivity index (χ0) is 13.5. The van der Waals surface area contributed by atoms with Crippen molar-refractivity contribution in [2.75, 3.05) is 33.5 Å². The minimum absolute atomic E-state index is 0.0885. The van der Waals surface area contributed by atoms with Crippen LogP contribution in [0, 0.1) is 0 Å². The van der Waals surface area contributed by atoms with Crippen LogP contribution in [0.25, 0.3) is 0 Å². The summed E-state index contributed by atoms with van der Waals surface area (Å²) in [5.41, 5.74) is 0.594. The Bertz CT molecular complexity index is 433. The third-order valence-electron chi connectivity index (χ3n) is 2.87. The summed E-state index contributed by atoms with van der Waals surface area (Å²) in [6.45, 7) is 2.45. The average molecular weight is 265 g/mol. The number of ether oxygens (including phenoxy) is 3. The van der Waals surface area contributed by atoms with Crippen LogP contribution >= 0.6 is 0 Å². The van der Waals surface area contributed by atoms with Crippen molar-refractivity contribution in [2.24, 2.45) is 0 Å². The summed E-state index contributed by atoms with van der Waals surface area (Å²) >= 11 is 0. The summed E-state index contributed by atoms with van der Waals surface area (Å²) in [7, 11) is 1.67. The van der Waals surface area contributed by atoms with Crippen molar-refractivity contribution in [3.8, 4) is 11.5 Å². The van der Waals surface area contributed by atoms with E-state index in [-0.39, 0.29) is 5.91 Å². The maximum absolute atomic E-state index is 11.9. The maximum atomic E-state index is 11.9. The van der Waals surface area contributed by atoms with Crippen LogP contribution in [0.3, 0.4) is 0 Å². The summed E-state index contributed by atoms with van der Waals surface area (Å²) in [6, 6.07) is 5.24. The van der Waals surface area contributed by atoms with E-state index in [1.165, 1.54) is 0 Å². The van der Waals surface area contributed by atoms with Crippen LogP contribution in [0.5, 0.6) is 11.5 Å². The van der Waals surface area contributed by atoms with E-state index in [9.17, 15) is 4.79 Å². The molecule has 0 saturated heterocycles. The molecule has 1 aliphatic heterocycles. The number of fused-ring (bicyclic) bond motifs is 1. The van der Waals surface area contributed by atoms with Crippen molar-refractivity contribution in [2.45, 2.75) is 12.8 Å². The van der Waals surface area contributed by atoms with Gasteiger partial charge in [-0.05, 0) is 31.0 Å². The molecule has 1 N–H and O–H groups in total. The molecule has 0 spiro atoms. The van der Waals surface area contributed by atoms with E-state index < -0.39 is 0 Å². The summed E-state index contributed by atoms with van der Waals surface area (Å²) in [6.07, 6.45) is 1.85. The molecule has 0 aliphatic carbocycles. The van der Waals surface area contributed by atoms with Gasteiger partial charge in [-0.3, -0.25) is 4.79 Å². The molecule has 1 aromatic rings. The number of methoxy groups -OCH3 is 1. The van der Waals surface area contributed by atoms with Crippen LogP contribution in [0.2, 0.25) is 0 Å². The number of amides is 1. The molecule has 0 fully saturated rings. The van der Waals surface area contributed by atoms with Gasteiger partial charge in [0.05, 0.1) is 0 Å². The van der Waals surface area contributed by atoms with Gasteiger partial charge in [0.15, 0.2) is 11.5 Å². The highest BCUT2D eigenvalue weighted by molar-refractivity contribution is 5.94. The van der Waals surface area contributed by atoms with E-state index in [1.54, 1.807) is 25.3 Å². The molecule has 1 aliphatic rings. The molecule has 1 amide bonds. The molecule has 104 valence electrons. The number of hydrogen-bond acceptors (Lipinski definition) is 4. The minimum atomic E-state index is -0.0885. The van der Waals surface area contributed by atoms with E-state index in [0.29, 0.717) is 36.8 Å². The van der Waals surface area contributed by atoms with Crippen molar-refractivity contribution < 1.29 is 19.0 Å². The van der Waals surface area contributed by atoms with Crippen LogP contribution < -0.4 is 14.8 Å². The molecule has 0 aromatic heterocycles. The van der Waals surface area contributed by atoms with Crippen molar-refractivity contribution in [3.63, 3.8) is 0 Å². The molecule has 0 bridgehead atoms. The molecule has 2 rings (SSSR count). The molecule has 5 heteroatoms. The Morgan fingerprint density at radius 1 is 1.26 bits per heavy atom. The van der Waals surface area contributed by atoms with Gasteiger partial charge in [0.2, 0.25) is 0 Å². The van der Waals surface area contributed by atoms with Crippen LogP contribution in [0.15, 0.2) is 18.2 Å². The highest BCUT2D eigenvalue weighted by Crippen LogP contribution is 2.30. The van der Waals surface area contributed by atoms with Crippen LogP contribution in [0.1, 0.15) is 23.2 Å². The van der Waals surface area contributed by atoms with Crippen LogP contribution in [-0.4, -0.2) is 39.4 Å². The lowest BCUT2D eigenvalue weighted by Gasteiger charge is -2.18. The monoisotopic (exact) mass is 265 g/mol. The number of nitrogens with one attached hydrogen (secondary N) is 1. The predicted molar refractivity (Wildman–Crippen MR) is 70.9 cm³/mol. The molecular formula is C14H19NO4. The summed E-state index contributed by atoms with van der Waals surface area (Å²) in [5.74, 6) is 1.25. The Balaban J connectivity index is 1.85. The topological polar surface area (TPSA) is 56.8 Å². The number of unbranched alkanes of at least 4 members (excludes halogenated alkanes) is 1. The van der Waals surface area contributed by atoms with Gasteiger partial charge in [-0.25, -0.2) is 0 Å². The largest absolute Gasteiger partial charge is 0.486 e.